The Balaban J connectivity index is 2.35. The van der Waals surface area contributed by atoms with Gasteiger partial charge in [-0.3, -0.25) is 0 Å². The van der Waals surface area contributed by atoms with Gasteiger partial charge >= 0.3 is 0 Å². The second-order valence-electron chi connectivity index (χ2n) is 4.83. The third-order valence-electron chi connectivity index (χ3n) is 3.59. The lowest BCUT2D eigenvalue weighted by Crippen LogP contribution is -2.39. The average Bonchev–Trinajstić information content (AvgIpc) is 2.16. The Morgan fingerprint density at radius 3 is 1.79 bits per heavy atom. The Kier molecular flexibility index (Phi) is 4.30. The Labute approximate surface area is 85.1 Å². The van der Waals surface area contributed by atoms with Crippen LogP contribution in [0.15, 0.2) is 0 Å². The molecule has 0 radical (unpaired) electrons. The summed E-state index contributed by atoms with van der Waals surface area (Å²) in [5, 5.41) is 0. The molecule has 1 fully saturated rings. The van der Waals surface area contributed by atoms with Crippen LogP contribution in [0.4, 0.5) is 8.78 Å². The van der Waals surface area contributed by atoms with Crippen molar-refractivity contribution in [3.05, 3.63) is 0 Å². The van der Waals surface area contributed by atoms with Crippen LogP contribution in [0.1, 0.15) is 39.5 Å². The van der Waals surface area contributed by atoms with Gasteiger partial charge in [-0.2, -0.15) is 0 Å². The number of hydrogen-bond acceptors (Lipinski definition) is 1. The second kappa shape index (κ2) is 5.06. The first-order valence-electron chi connectivity index (χ1n) is 5.56. The standard InChI is InChI=1S/C11H21F2N/c1-7(2)8-3-5-9(6-4-8)10(14)11(12)13/h7-11H,3-6,14H2,1-2H3. The van der Waals surface area contributed by atoms with E-state index >= 15 is 0 Å². The molecule has 0 aromatic rings. The summed E-state index contributed by atoms with van der Waals surface area (Å²) in [5.41, 5.74) is 5.46. The SMILES string of the molecule is CC(C)C1CCC(C(N)C(F)F)CC1. The van der Waals surface area contributed by atoms with E-state index in [-0.39, 0.29) is 5.92 Å². The van der Waals surface area contributed by atoms with Crippen molar-refractivity contribution in [1.29, 1.82) is 0 Å². The first-order chi connectivity index (χ1) is 6.52. The van der Waals surface area contributed by atoms with Crippen LogP contribution >= 0.6 is 0 Å². The first-order valence-corrected chi connectivity index (χ1v) is 5.56. The highest BCUT2D eigenvalue weighted by Gasteiger charge is 2.30. The van der Waals surface area contributed by atoms with Gasteiger partial charge in [-0.05, 0) is 43.4 Å². The van der Waals surface area contributed by atoms with Crippen molar-refractivity contribution < 1.29 is 8.78 Å². The number of alkyl halides is 2. The van der Waals surface area contributed by atoms with Crippen molar-refractivity contribution in [3.63, 3.8) is 0 Å². The fourth-order valence-corrected chi connectivity index (χ4v) is 2.40. The summed E-state index contributed by atoms with van der Waals surface area (Å²) < 4.78 is 24.7. The van der Waals surface area contributed by atoms with Gasteiger partial charge in [0.2, 0.25) is 0 Å². The number of nitrogens with two attached hydrogens (primary N) is 1. The van der Waals surface area contributed by atoms with Crippen molar-refractivity contribution in [2.75, 3.05) is 0 Å². The summed E-state index contributed by atoms with van der Waals surface area (Å²) in [4.78, 5) is 0. The zero-order valence-corrected chi connectivity index (χ0v) is 9.05. The highest BCUT2D eigenvalue weighted by Crippen LogP contribution is 2.35. The molecule has 0 spiro atoms. The molecule has 1 nitrogen and oxygen atoms in total. The molecule has 0 bridgehead atoms. The van der Waals surface area contributed by atoms with E-state index in [2.05, 4.69) is 13.8 Å². The van der Waals surface area contributed by atoms with Crippen LogP contribution in [0.25, 0.3) is 0 Å². The van der Waals surface area contributed by atoms with E-state index in [0.717, 1.165) is 31.6 Å². The molecule has 0 saturated heterocycles. The van der Waals surface area contributed by atoms with E-state index in [1.807, 2.05) is 0 Å². The third kappa shape index (κ3) is 2.91. The van der Waals surface area contributed by atoms with Crippen molar-refractivity contribution >= 4 is 0 Å². The van der Waals surface area contributed by atoms with Gasteiger partial charge in [0.1, 0.15) is 0 Å². The molecule has 3 heteroatoms. The number of hydrogen-bond donors (Lipinski definition) is 1. The van der Waals surface area contributed by atoms with E-state index in [1.165, 1.54) is 0 Å². The Morgan fingerprint density at radius 1 is 1.00 bits per heavy atom. The second-order valence-corrected chi connectivity index (χ2v) is 4.83. The maximum Gasteiger partial charge on any atom is 0.253 e. The van der Waals surface area contributed by atoms with Crippen molar-refractivity contribution in [2.24, 2.45) is 23.5 Å². The van der Waals surface area contributed by atoms with Gasteiger partial charge in [0.05, 0.1) is 6.04 Å². The summed E-state index contributed by atoms with van der Waals surface area (Å²) in [6.45, 7) is 4.41. The van der Waals surface area contributed by atoms with Gasteiger partial charge in [0, 0.05) is 0 Å². The smallest absolute Gasteiger partial charge is 0.253 e. The molecule has 0 aliphatic heterocycles. The average molecular weight is 205 g/mol. The molecule has 0 heterocycles. The molecule has 0 aromatic carbocycles. The summed E-state index contributed by atoms with van der Waals surface area (Å²) in [7, 11) is 0. The molecule has 2 N–H and O–H groups in total. The normalized spacial score (nSPS) is 31.1. The van der Waals surface area contributed by atoms with Gasteiger partial charge in [0.15, 0.2) is 0 Å². The monoisotopic (exact) mass is 205 g/mol. The molecule has 1 atom stereocenters. The molecule has 0 amide bonds. The lowest BCUT2D eigenvalue weighted by atomic mass is 9.75. The van der Waals surface area contributed by atoms with Crippen molar-refractivity contribution in [3.8, 4) is 0 Å². The molecular weight excluding hydrogens is 184 g/mol. The topological polar surface area (TPSA) is 26.0 Å². The van der Waals surface area contributed by atoms with E-state index in [9.17, 15) is 8.78 Å². The maximum atomic E-state index is 12.3. The zero-order valence-electron chi connectivity index (χ0n) is 9.05. The Bertz CT molecular complexity index is 163. The van der Waals surface area contributed by atoms with Gasteiger partial charge in [-0.1, -0.05) is 13.8 Å². The first kappa shape index (κ1) is 11.9. The summed E-state index contributed by atoms with van der Waals surface area (Å²) >= 11 is 0. The van der Waals surface area contributed by atoms with Crippen LogP contribution in [0.5, 0.6) is 0 Å². The predicted molar refractivity (Wildman–Crippen MR) is 54.3 cm³/mol. The quantitative estimate of drug-likeness (QED) is 0.753. The van der Waals surface area contributed by atoms with Crippen LogP contribution in [0, 0.1) is 17.8 Å². The summed E-state index contributed by atoms with van der Waals surface area (Å²) in [6.07, 6.45) is 1.56. The molecule has 0 aromatic heterocycles. The van der Waals surface area contributed by atoms with E-state index in [0.29, 0.717) is 5.92 Å². The molecule has 1 aliphatic carbocycles. The van der Waals surface area contributed by atoms with Gasteiger partial charge in [0.25, 0.3) is 6.43 Å². The number of halogens is 2. The van der Waals surface area contributed by atoms with Crippen LogP contribution < -0.4 is 5.73 Å². The van der Waals surface area contributed by atoms with Crippen LogP contribution in [-0.2, 0) is 0 Å². The lowest BCUT2D eigenvalue weighted by Gasteiger charge is -2.33. The van der Waals surface area contributed by atoms with Gasteiger partial charge in [-0.15, -0.1) is 0 Å². The van der Waals surface area contributed by atoms with Gasteiger partial charge < -0.3 is 5.73 Å². The third-order valence-corrected chi connectivity index (χ3v) is 3.59. The predicted octanol–water partition coefficient (Wildman–Crippen LogP) is 3.04. The van der Waals surface area contributed by atoms with E-state index in [4.69, 9.17) is 5.73 Å². The largest absolute Gasteiger partial charge is 0.323 e. The summed E-state index contributed by atoms with van der Waals surface area (Å²) in [6, 6.07) is -0.900. The molecule has 1 rings (SSSR count). The highest BCUT2D eigenvalue weighted by atomic mass is 19.3. The molecule has 14 heavy (non-hydrogen) atoms. The fraction of sp³-hybridized carbons (Fsp3) is 1.00. The number of rotatable bonds is 3. The molecule has 1 aliphatic rings. The fourth-order valence-electron chi connectivity index (χ4n) is 2.40. The van der Waals surface area contributed by atoms with Crippen molar-refractivity contribution in [1.82, 2.24) is 0 Å². The minimum Gasteiger partial charge on any atom is -0.323 e. The Morgan fingerprint density at radius 2 is 1.43 bits per heavy atom. The van der Waals surface area contributed by atoms with Crippen LogP contribution in [0.2, 0.25) is 0 Å². The Hall–Kier alpha value is -0.180. The molecule has 84 valence electrons. The lowest BCUT2D eigenvalue weighted by molar-refractivity contribution is 0.0677. The van der Waals surface area contributed by atoms with Crippen LogP contribution in [-0.4, -0.2) is 12.5 Å². The maximum absolute atomic E-state index is 12.3. The highest BCUT2D eigenvalue weighted by molar-refractivity contribution is 4.82. The van der Waals surface area contributed by atoms with Crippen LogP contribution in [0.3, 0.4) is 0 Å². The van der Waals surface area contributed by atoms with E-state index in [1.54, 1.807) is 0 Å². The van der Waals surface area contributed by atoms with Gasteiger partial charge in [-0.25, -0.2) is 8.78 Å². The minimum absolute atomic E-state index is 0.0463. The van der Waals surface area contributed by atoms with E-state index < -0.39 is 12.5 Å². The van der Waals surface area contributed by atoms with Crippen molar-refractivity contribution in [2.45, 2.75) is 52.0 Å². The molecule has 1 saturated carbocycles. The molecule has 1 unspecified atom stereocenters. The summed E-state index contributed by atoms with van der Waals surface area (Å²) in [5.74, 6) is 1.44. The molecular formula is C11H21F2N. The minimum atomic E-state index is -2.35. The zero-order chi connectivity index (χ0) is 10.7.